The van der Waals surface area contributed by atoms with Crippen LogP contribution >= 0.6 is 0 Å². The van der Waals surface area contributed by atoms with Crippen molar-refractivity contribution in [1.82, 2.24) is 0 Å². The van der Waals surface area contributed by atoms with Gasteiger partial charge >= 0.3 is 5.97 Å². The lowest BCUT2D eigenvalue weighted by Crippen LogP contribution is -2.15. The lowest BCUT2D eigenvalue weighted by atomic mass is 10.1. The van der Waals surface area contributed by atoms with E-state index >= 15 is 0 Å². The number of rotatable bonds is 3. The lowest BCUT2D eigenvalue weighted by Gasteiger charge is -2.09. The molecule has 0 unspecified atom stereocenters. The minimum absolute atomic E-state index is 0.0717. The number of aryl methyl sites for hydroxylation is 1. The molecule has 1 amide bonds. The molecule has 4 nitrogen and oxygen atoms in total. The second-order valence-corrected chi connectivity index (χ2v) is 4.41. The summed E-state index contributed by atoms with van der Waals surface area (Å²) in [5, 5.41) is 11.3. The molecule has 108 valence electrons. The molecule has 0 heterocycles. The summed E-state index contributed by atoms with van der Waals surface area (Å²) in [5.41, 5.74) is 0.480. The first-order chi connectivity index (χ1) is 9.88. The third kappa shape index (κ3) is 3.22. The van der Waals surface area contributed by atoms with Gasteiger partial charge in [-0.3, -0.25) is 4.79 Å². The summed E-state index contributed by atoms with van der Waals surface area (Å²) in [4.78, 5) is 22.7. The number of carboxylic acid groups (broad SMARTS) is 1. The monoisotopic (exact) mass is 291 g/mol. The topological polar surface area (TPSA) is 66.4 Å². The smallest absolute Gasteiger partial charge is 0.335 e. The molecular formula is C15H11F2NO3. The van der Waals surface area contributed by atoms with Gasteiger partial charge in [0.25, 0.3) is 5.91 Å². The van der Waals surface area contributed by atoms with Gasteiger partial charge in [0, 0.05) is 5.69 Å². The van der Waals surface area contributed by atoms with Gasteiger partial charge in [-0.25, -0.2) is 13.6 Å². The zero-order valence-corrected chi connectivity index (χ0v) is 11.0. The third-order valence-electron chi connectivity index (χ3n) is 2.89. The highest BCUT2D eigenvalue weighted by Crippen LogP contribution is 2.19. The predicted molar refractivity (Wildman–Crippen MR) is 72.4 cm³/mol. The molecule has 0 aromatic heterocycles. The number of hydrogen-bond acceptors (Lipinski definition) is 2. The van der Waals surface area contributed by atoms with Crippen LogP contribution in [-0.2, 0) is 0 Å². The fraction of sp³-hybridized carbons (Fsp3) is 0.0667. The van der Waals surface area contributed by atoms with Gasteiger partial charge < -0.3 is 10.4 Å². The Balaban J connectivity index is 2.27. The van der Waals surface area contributed by atoms with Crippen LogP contribution in [0, 0.1) is 18.6 Å². The second-order valence-electron chi connectivity index (χ2n) is 4.41. The van der Waals surface area contributed by atoms with E-state index in [1.54, 1.807) is 6.92 Å². The Labute approximate surface area is 119 Å². The van der Waals surface area contributed by atoms with Crippen LogP contribution in [0.3, 0.4) is 0 Å². The van der Waals surface area contributed by atoms with Gasteiger partial charge in [0.05, 0.1) is 11.1 Å². The molecule has 21 heavy (non-hydrogen) atoms. The average Bonchev–Trinajstić information content (AvgIpc) is 2.43. The largest absolute Gasteiger partial charge is 0.478 e. The van der Waals surface area contributed by atoms with Gasteiger partial charge in [0.15, 0.2) is 0 Å². The Kier molecular flexibility index (Phi) is 3.98. The van der Waals surface area contributed by atoms with E-state index in [-0.39, 0.29) is 5.56 Å². The number of carboxylic acids is 1. The zero-order valence-electron chi connectivity index (χ0n) is 11.0. The Hall–Kier alpha value is -2.76. The summed E-state index contributed by atoms with van der Waals surface area (Å²) < 4.78 is 26.5. The van der Waals surface area contributed by atoms with Crippen LogP contribution in [0.15, 0.2) is 36.4 Å². The molecule has 0 atom stereocenters. The molecule has 6 heteroatoms. The summed E-state index contributed by atoms with van der Waals surface area (Å²) in [7, 11) is 0. The fourth-order valence-electron chi connectivity index (χ4n) is 1.80. The number of halogens is 2. The van der Waals surface area contributed by atoms with Crippen molar-refractivity contribution in [2.45, 2.75) is 6.92 Å². The van der Waals surface area contributed by atoms with E-state index in [4.69, 9.17) is 5.11 Å². The van der Waals surface area contributed by atoms with Crippen LogP contribution in [0.25, 0.3) is 0 Å². The second kappa shape index (κ2) is 5.70. The van der Waals surface area contributed by atoms with Crippen molar-refractivity contribution in [2.24, 2.45) is 0 Å². The summed E-state index contributed by atoms with van der Waals surface area (Å²) in [6, 6.07) is 6.66. The van der Waals surface area contributed by atoms with Gasteiger partial charge in [0.2, 0.25) is 0 Å². The van der Waals surface area contributed by atoms with E-state index in [0.717, 1.165) is 18.2 Å². The number of anilines is 1. The summed E-state index contributed by atoms with van der Waals surface area (Å²) in [5.74, 6) is -3.46. The number of nitrogens with one attached hydrogen (secondary N) is 1. The molecule has 0 fully saturated rings. The maximum absolute atomic E-state index is 13.5. The van der Waals surface area contributed by atoms with E-state index in [0.29, 0.717) is 11.3 Å². The van der Waals surface area contributed by atoms with E-state index in [2.05, 4.69) is 5.32 Å². The van der Waals surface area contributed by atoms with Gasteiger partial charge in [-0.15, -0.1) is 0 Å². The van der Waals surface area contributed by atoms with Crippen molar-refractivity contribution in [3.8, 4) is 0 Å². The lowest BCUT2D eigenvalue weighted by molar-refractivity contribution is 0.0696. The molecule has 0 radical (unpaired) electrons. The van der Waals surface area contributed by atoms with E-state index in [1.807, 2.05) is 0 Å². The summed E-state index contributed by atoms with van der Waals surface area (Å²) in [6.45, 7) is 1.60. The van der Waals surface area contributed by atoms with Crippen LogP contribution in [-0.4, -0.2) is 17.0 Å². The highest BCUT2D eigenvalue weighted by Gasteiger charge is 2.14. The minimum atomic E-state index is -1.09. The summed E-state index contributed by atoms with van der Waals surface area (Å²) in [6.07, 6.45) is 0. The first-order valence-corrected chi connectivity index (χ1v) is 5.99. The molecule has 0 aliphatic rings. The van der Waals surface area contributed by atoms with Crippen molar-refractivity contribution in [1.29, 1.82) is 0 Å². The summed E-state index contributed by atoms with van der Waals surface area (Å²) >= 11 is 0. The van der Waals surface area contributed by atoms with Crippen LogP contribution < -0.4 is 5.32 Å². The van der Waals surface area contributed by atoms with Crippen molar-refractivity contribution in [3.05, 3.63) is 64.7 Å². The Bertz CT molecular complexity index is 729. The van der Waals surface area contributed by atoms with Crippen LogP contribution in [0.4, 0.5) is 14.5 Å². The SMILES string of the molecule is Cc1cc(C(=O)O)ccc1NC(=O)c1cc(F)ccc1F. The Morgan fingerprint density at radius 2 is 1.81 bits per heavy atom. The standard InChI is InChI=1S/C15H11F2NO3/c1-8-6-9(15(20)21)2-5-13(8)18-14(19)11-7-10(16)3-4-12(11)17/h2-7H,1H3,(H,18,19)(H,20,21). The number of carbonyl (C=O) groups is 2. The van der Waals surface area contributed by atoms with Gasteiger partial charge in [-0.1, -0.05) is 0 Å². The van der Waals surface area contributed by atoms with Crippen LogP contribution in [0.2, 0.25) is 0 Å². The third-order valence-corrected chi connectivity index (χ3v) is 2.89. The molecule has 2 N–H and O–H groups in total. The first-order valence-electron chi connectivity index (χ1n) is 5.99. The molecule has 0 saturated heterocycles. The molecule has 0 aliphatic carbocycles. The molecule has 2 aromatic rings. The van der Waals surface area contributed by atoms with Crippen molar-refractivity contribution < 1.29 is 23.5 Å². The van der Waals surface area contributed by atoms with Gasteiger partial charge in [-0.2, -0.15) is 0 Å². The zero-order chi connectivity index (χ0) is 15.6. The van der Waals surface area contributed by atoms with Crippen molar-refractivity contribution in [2.75, 3.05) is 5.32 Å². The molecule has 2 aromatic carbocycles. The number of hydrogen-bond donors (Lipinski definition) is 2. The maximum atomic E-state index is 13.5. The molecule has 0 saturated carbocycles. The Morgan fingerprint density at radius 1 is 1.10 bits per heavy atom. The van der Waals surface area contributed by atoms with Crippen LogP contribution in [0.1, 0.15) is 26.3 Å². The molecular weight excluding hydrogens is 280 g/mol. The normalized spacial score (nSPS) is 10.2. The van der Waals surface area contributed by atoms with Crippen molar-refractivity contribution >= 4 is 17.6 Å². The number of carbonyl (C=O) groups excluding carboxylic acids is 1. The molecule has 0 spiro atoms. The van der Waals surface area contributed by atoms with Gasteiger partial charge in [-0.05, 0) is 48.9 Å². The Morgan fingerprint density at radius 3 is 2.43 bits per heavy atom. The average molecular weight is 291 g/mol. The number of amides is 1. The molecule has 0 bridgehead atoms. The first kappa shape index (κ1) is 14.6. The quantitative estimate of drug-likeness (QED) is 0.912. The maximum Gasteiger partial charge on any atom is 0.335 e. The van der Waals surface area contributed by atoms with Gasteiger partial charge in [0.1, 0.15) is 11.6 Å². The van der Waals surface area contributed by atoms with Crippen LogP contribution in [0.5, 0.6) is 0 Å². The molecule has 2 rings (SSSR count). The van der Waals surface area contributed by atoms with E-state index in [9.17, 15) is 18.4 Å². The molecule has 0 aliphatic heterocycles. The van der Waals surface area contributed by atoms with Crippen molar-refractivity contribution in [3.63, 3.8) is 0 Å². The predicted octanol–water partition coefficient (Wildman–Crippen LogP) is 3.22. The van der Waals surface area contributed by atoms with E-state index < -0.39 is 29.1 Å². The minimum Gasteiger partial charge on any atom is -0.478 e. The highest BCUT2D eigenvalue weighted by atomic mass is 19.1. The fourth-order valence-corrected chi connectivity index (χ4v) is 1.80. The highest BCUT2D eigenvalue weighted by molar-refractivity contribution is 6.05. The van der Waals surface area contributed by atoms with E-state index in [1.165, 1.54) is 18.2 Å². The number of aromatic carboxylic acids is 1. The number of benzene rings is 2.